The van der Waals surface area contributed by atoms with E-state index >= 15 is 0 Å². The largest absolute Gasteiger partial charge is 0.356 e. The molecule has 0 aromatic heterocycles. The summed E-state index contributed by atoms with van der Waals surface area (Å²) in [6.07, 6.45) is 2.61. The van der Waals surface area contributed by atoms with Gasteiger partial charge < -0.3 is 10.6 Å². The highest BCUT2D eigenvalue weighted by atomic mass is 127. The highest BCUT2D eigenvalue weighted by Gasteiger charge is 2.01. The van der Waals surface area contributed by atoms with Gasteiger partial charge in [-0.15, -0.1) is 30.6 Å². The van der Waals surface area contributed by atoms with Crippen molar-refractivity contribution in [3.8, 4) is 0 Å². The minimum absolute atomic E-state index is 0. The van der Waals surface area contributed by atoms with E-state index in [1.54, 1.807) is 19.2 Å². The Morgan fingerprint density at radius 1 is 1.42 bits per heavy atom. The third kappa shape index (κ3) is 6.56. The quantitative estimate of drug-likeness (QED) is 0.358. The predicted molar refractivity (Wildman–Crippen MR) is 89.8 cm³/mol. The van der Waals surface area contributed by atoms with Gasteiger partial charge in [-0.2, -0.15) is 0 Å². The molecule has 0 heterocycles. The number of nitrogens with one attached hydrogen (secondary N) is 2. The van der Waals surface area contributed by atoms with Crippen LogP contribution in [0.1, 0.15) is 11.1 Å². The molecular weight excluding hydrogens is 356 g/mol. The Kier molecular flexibility index (Phi) is 9.20. The van der Waals surface area contributed by atoms with Gasteiger partial charge in [0.15, 0.2) is 5.96 Å². The molecule has 0 aliphatic carbocycles. The van der Waals surface area contributed by atoms with E-state index in [1.165, 1.54) is 6.07 Å². The van der Waals surface area contributed by atoms with Crippen LogP contribution in [0.5, 0.6) is 0 Å². The number of rotatable bonds is 5. The molecule has 0 saturated heterocycles. The van der Waals surface area contributed by atoms with E-state index in [-0.39, 0.29) is 29.8 Å². The van der Waals surface area contributed by atoms with E-state index in [9.17, 15) is 4.39 Å². The van der Waals surface area contributed by atoms with E-state index in [0.29, 0.717) is 6.54 Å². The Balaban J connectivity index is 0.00000324. The molecular formula is C14H21FIN3. The van der Waals surface area contributed by atoms with E-state index in [2.05, 4.69) is 22.2 Å². The first-order chi connectivity index (χ1) is 8.67. The zero-order valence-corrected chi connectivity index (χ0v) is 13.7. The molecule has 1 aromatic carbocycles. The van der Waals surface area contributed by atoms with Crippen molar-refractivity contribution in [3.05, 3.63) is 47.8 Å². The number of halogens is 2. The Labute approximate surface area is 131 Å². The predicted octanol–water partition coefficient (Wildman–Crippen LogP) is 2.65. The summed E-state index contributed by atoms with van der Waals surface area (Å²) in [7, 11) is 1.72. The first kappa shape index (κ1) is 17.9. The van der Waals surface area contributed by atoms with Crippen LogP contribution in [0.25, 0.3) is 0 Å². The second-order valence-corrected chi connectivity index (χ2v) is 3.99. The lowest BCUT2D eigenvalue weighted by Gasteiger charge is -2.11. The zero-order valence-electron chi connectivity index (χ0n) is 11.4. The molecule has 1 aromatic rings. The molecule has 0 amide bonds. The Bertz CT molecular complexity index is 433. The molecule has 2 N–H and O–H groups in total. The number of nitrogens with zero attached hydrogens (tertiary/aromatic N) is 1. The van der Waals surface area contributed by atoms with Gasteiger partial charge in [0.05, 0.1) is 0 Å². The standard InChI is InChI=1S/C14H20FN3.HI/c1-4-8-17-14(16-3)18-9-7-12-5-6-13(15)10-11(12)2;/h4-6,10H,1,7-9H2,2-3H3,(H2,16,17,18);1H. The third-order valence-corrected chi connectivity index (χ3v) is 2.63. The second-order valence-electron chi connectivity index (χ2n) is 3.99. The van der Waals surface area contributed by atoms with Crippen molar-refractivity contribution in [1.29, 1.82) is 0 Å². The van der Waals surface area contributed by atoms with Crippen LogP contribution in [-0.4, -0.2) is 26.1 Å². The topological polar surface area (TPSA) is 36.4 Å². The van der Waals surface area contributed by atoms with Crippen molar-refractivity contribution in [2.75, 3.05) is 20.1 Å². The molecule has 19 heavy (non-hydrogen) atoms. The summed E-state index contributed by atoms with van der Waals surface area (Å²) in [5, 5.41) is 6.28. The van der Waals surface area contributed by atoms with Crippen molar-refractivity contribution in [2.24, 2.45) is 4.99 Å². The van der Waals surface area contributed by atoms with Crippen molar-refractivity contribution in [3.63, 3.8) is 0 Å². The summed E-state index contributed by atoms with van der Waals surface area (Å²) in [4.78, 5) is 4.08. The normalized spacial score (nSPS) is 10.6. The van der Waals surface area contributed by atoms with Crippen molar-refractivity contribution in [1.82, 2.24) is 10.6 Å². The lowest BCUT2D eigenvalue weighted by Crippen LogP contribution is -2.38. The highest BCUT2D eigenvalue weighted by Crippen LogP contribution is 2.10. The number of hydrogen-bond acceptors (Lipinski definition) is 1. The van der Waals surface area contributed by atoms with Crippen LogP contribution in [0.3, 0.4) is 0 Å². The van der Waals surface area contributed by atoms with E-state index in [4.69, 9.17) is 0 Å². The van der Waals surface area contributed by atoms with E-state index in [0.717, 1.165) is 30.1 Å². The Morgan fingerprint density at radius 2 is 2.16 bits per heavy atom. The molecule has 0 spiro atoms. The average Bonchev–Trinajstić information content (AvgIpc) is 2.36. The lowest BCUT2D eigenvalue weighted by atomic mass is 10.1. The smallest absolute Gasteiger partial charge is 0.191 e. The van der Waals surface area contributed by atoms with Crippen LogP contribution in [0.15, 0.2) is 35.8 Å². The number of guanidine groups is 1. The minimum Gasteiger partial charge on any atom is -0.356 e. The Morgan fingerprint density at radius 3 is 2.74 bits per heavy atom. The van der Waals surface area contributed by atoms with Gasteiger partial charge >= 0.3 is 0 Å². The van der Waals surface area contributed by atoms with Crippen molar-refractivity contribution < 1.29 is 4.39 Å². The summed E-state index contributed by atoms with van der Waals surface area (Å²) >= 11 is 0. The van der Waals surface area contributed by atoms with Gasteiger partial charge in [-0.1, -0.05) is 12.1 Å². The van der Waals surface area contributed by atoms with Crippen LogP contribution in [0, 0.1) is 12.7 Å². The van der Waals surface area contributed by atoms with Gasteiger partial charge in [0.1, 0.15) is 5.82 Å². The fourth-order valence-corrected chi connectivity index (χ4v) is 1.64. The summed E-state index contributed by atoms with van der Waals surface area (Å²) in [6.45, 7) is 6.98. The van der Waals surface area contributed by atoms with E-state index in [1.807, 2.05) is 13.0 Å². The molecule has 5 heteroatoms. The SMILES string of the molecule is C=CCNC(=NC)NCCc1ccc(F)cc1C.I. The first-order valence-corrected chi connectivity index (χ1v) is 5.97. The fraction of sp³-hybridized carbons (Fsp3) is 0.357. The molecule has 0 atom stereocenters. The van der Waals surface area contributed by atoms with Gasteiger partial charge in [-0.25, -0.2) is 4.39 Å². The Hall–Kier alpha value is -1.11. The third-order valence-electron chi connectivity index (χ3n) is 2.63. The van der Waals surface area contributed by atoms with Crippen LogP contribution in [-0.2, 0) is 6.42 Å². The molecule has 106 valence electrons. The fourth-order valence-electron chi connectivity index (χ4n) is 1.64. The highest BCUT2D eigenvalue weighted by molar-refractivity contribution is 14.0. The van der Waals surface area contributed by atoms with Crippen LogP contribution >= 0.6 is 24.0 Å². The van der Waals surface area contributed by atoms with Crippen LogP contribution in [0.4, 0.5) is 4.39 Å². The van der Waals surface area contributed by atoms with Gasteiger partial charge in [0.25, 0.3) is 0 Å². The summed E-state index contributed by atoms with van der Waals surface area (Å²) < 4.78 is 12.9. The number of aryl methyl sites for hydroxylation is 1. The van der Waals surface area contributed by atoms with Crippen molar-refractivity contribution in [2.45, 2.75) is 13.3 Å². The van der Waals surface area contributed by atoms with Gasteiger partial charge in [-0.05, 0) is 36.6 Å². The number of aliphatic imine (C=N–C) groups is 1. The maximum absolute atomic E-state index is 12.9. The molecule has 0 unspecified atom stereocenters. The average molecular weight is 377 g/mol. The molecule has 0 radical (unpaired) electrons. The molecule has 0 saturated carbocycles. The van der Waals surface area contributed by atoms with Gasteiger partial charge in [0, 0.05) is 20.1 Å². The lowest BCUT2D eigenvalue weighted by molar-refractivity contribution is 0.625. The van der Waals surface area contributed by atoms with E-state index < -0.39 is 0 Å². The number of benzene rings is 1. The number of hydrogen-bond donors (Lipinski definition) is 2. The summed E-state index contributed by atoms with van der Waals surface area (Å²) in [5.41, 5.74) is 2.12. The molecule has 3 nitrogen and oxygen atoms in total. The zero-order chi connectivity index (χ0) is 13.4. The van der Waals surface area contributed by atoms with Gasteiger partial charge in [0.2, 0.25) is 0 Å². The van der Waals surface area contributed by atoms with Crippen LogP contribution < -0.4 is 10.6 Å². The summed E-state index contributed by atoms with van der Waals surface area (Å²) in [5.74, 6) is 0.558. The minimum atomic E-state index is -0.187. The molecule has 0 aliphatic heterocycles. The molecule has 0 bridgehead atoms. The first-order valence-electron chi connectivity index (χ1n) is 5.97. The molecule has 0 aliphatic rings. The van der Waals surface area contributed by atoms with Crippen LogP contribution in [0.2, 0.25) is 0 Å². The monoisotopic (exact) mass is 377 g/mol. The van der Waals surface area contributed by atoms with Crippen molar-refractivity contribution >= 4 is 29.9 Å². The maximum Gasteiger partial charge on any atom is 0.191 e. The molecule has 0 fully saturated rings. The second kappa shape index (κ2) is 9.77. The summed E-state index contributed by atoms with van der Waals surface area (Å²) in [6, 6.07) is 4.87. The molecule has 1 rings (SSSR count). The maximum atomic E-state index is 12.9. The van der Waals surface area contributed by atoms with Gasteiger partial charge in [-0.3, -0.25) is 4.99 Å².